The number of hydrogen-bond donors (Lipinski definition) is 1. The van der Waals surface area contributed by atoms with Crippen molar-refractivity contribution in [2.45, 2.75) is 38.8 Å². The second-order valence-electron chi connectivity index (χ2n) is 5.92. The summed E-state index contributed by atoms with van der Waals surface area (Å²) in [5.41, 5.74) is 4.36. The summed E-state index contributed by atoms with van der Waals surface area (Å²) in [4.78, 5) is 0. The molecule has 0 heterocycles. The second-order valence-corrected chi connectivity index (χ2v) is 6.35. The topological polar surface area (TPSA) is 12.0 Å². The van der Waals surface area contributed by atoms with Gasteiger partial charge in [-0.05, 0) is 67.1 Å². The Hall–Kier alpha value is -1.38. The van der Waals surface area contributed by atoms with Crippen molar-refractivity contribution in [2.75, 3.05) is 0 Å². The van der Waals surface area contributed by atoms with Gasteiger partial charge in [-0.15, -0.1) is 0 Å². The molecule has 1 aliphatic rings. The zero-order valence-electron chi connectivity index (χ0n) is 12.3. The minimum absolute atomic E-state index is 0.134. The van der Waals surface area contributed by atoms with Gasteiger partial charge in [-0.1, -0.05) is 29.8 Å². The predicted molar refractivity (Wildman–Crippen MR) is 85.3 cm³/mol. The number of halogens is 2. The third-order valence-corrected chi connectivity index (χ3v) is 4.52. The number of fused-ring (bicyclic) bond motifs is 1. The molecule has 21 heavy (non-hydrogen) atoms. The maximum absolute atomic E-state index is 13.7. The molecule has 0 spiro atoms. The number of rotatable bonds is 3. The lowest BCUT2D eigenvalue weighted by atomic mass is 10.0. The summed E-state index contributed by atoms with van der Waals surface area (Å²) in [6.45, 7) is 3.87. The Morgan fingerprint density at radius 1 is 1.14 bits per heavy atom. The standard InChI is InChI=1S/C18H19ClFN/c1-11-3-4-13(10-18(11)20)12(2)21-17-8-14-5-6-16(19)7-15(14)9-17/h3-7,10,12,17,21H,8-9H2,1-2H3. The van der Waals surface area contributed by atoms with E-state index in [1.165, 1.54) is 11.1 Å². The number of hydrogen-bond acceptors (Lipinski definition) is 1. The monoisotopic (exact) mass is 303 g/mol. The van der Waals surface area contributed by atoms with E-state index in [0.29, 0.717) is 11.6 Å². The molecule has 0 radical (unpaired) electrons. The molecule has 2 unspecified atom stereocenters. The number of benzene rings is 2. The minimum Gasteiger partial charge on any atom is -0.307 e. The van der Waals surface area contributed by atoms with Gasteiger partial charge < -0.3 is 5.32 Å². The van der Waals surface area contributed by atoms with Crippen LogP contribution in [-0.2, 0) is 12.8 Å². The molecule has 0 bridgehead atoms. The lowest BCUT2D eigenvalue weighted by Gasteiger charge is -2.20. The first kappa shape index (κ1) is 14.6. The maximum Gasteiger partial charge on any atom is 0.126 e. The molecule has 1 N–H and O–H groups in total. The van der Waals surface area contributed by atoms with Crippen LogP contribution in [-0.4, -0.2) is 6.04 Å². The van der Waals surface area contributed by atoms with Crippen LogP contribution in [0.5, 0.6) is 0 Å². The Morgan fingerprint density at radius 3 is 2.67 bits per heavy atom. The van der Waals surface area contributed by atoms with Crippen LogP contribution in [0.25, 0.3) is 0 Å². The first-order chi connectivity index (χ1) is 10.0. The highest BCUT2D eigenvalue weighted by atomic mass is 35.5. The molecule has 2 aromatic carbocycles. The molecule has 0 amide bonds. The largest absolute Gasteiger partial charge is 0.307 e. The molecule has 0 aromatic heterocycles. The zero-order chi connectivity index (χ0) is 15.0. The summed E-state index contributed by atoms with van der Waals surface area (Å²) in [5.74, 6) is -0.136. The normalized spacial score (nSPS) is 18.6. The van der Waals surface area contributed by atoms with Gasteiger partial charge in [0.05, 0.1) is 0 Å². The highest BCUT2D eigenvalue weighted by Gasteiger charge is 2.23. The molecule has 0 aliphatic heterocycles. The van der Waals surface area contributed by atoms with E-state index in [-0.39, 0.29) is 11.9 Å². The summed E-state index contributed by atoms with van der Waals surface area (Å²) >= 11 is 6.04. The molecule has 1 nitrogen and oxygen atoms in total. The molecule has 2 atom stereocenters. The molecular weight excluding hydrogens is 285 g/mol. The van der Waals surface area contributed by atoms with Crippen molar-refractivity contribution in [2.24, 2.45) is 0 Å². The quantitative estimate of drug-likeness (QED) is 0.873. The van der Waals surface area contributed by atoms with Crippen LogP contribution in [0.1, 0.15) is 35.2 Å². The van der Waals surface area contributed by atoms with Crippen molar-refractivity contribution in [3.63, 3.8) is 0 Å². The SMILES string of the molecule is Cc1ccc(C(C)NC2Cc3ccc(Cl)cc3C2)cc1F. The summed E-state index contributed by atoms with van der Waals surface area (Å²) in [5, 5.41) is 4.39. The van der Waals surface area contributed by atoms with Gasteiger partial charge in [-0.25, -0.2) is 4.39 Å². The van der Waals surface area contributed by atoms with E-state index in [0.717, 1.165) is 23.4 Å². The van der Waals surface area contributed by atoms with E-state index < -0.39 is 0 Å². The summed E-state index contributed by atoms with van der Waals surface area (Å²) in [6.07, 6.45) is 1.99. The van der Waals surface area contributed by atoms with Gasteiger partial charge >= 0.3 is 0 Å². The lowest BCUT2D eigenvalue weighted by Crippen LogP contribution is -2.32. The fraction of sp³-hybridized carbons (Fsp3) is 0.333. The molecule has 3 rings (SSSR count). The van der Waals surface area contributed by atoms with Crippen LogP contribution in [0.4, 0.5) is 4.39 Å². The fourth-order valence-electron chi connectivity index (χ4n) is 3.03. The number of aryl methyl sites for hydroxylation is 1. The van der Waals surface area contributed by atoms with E-state index in [9.17, 15) is 4.39 Å². The number of nitrogens with one attached hydrogen (secondary N) is 1. The second kappa shape index (κ2) is 5.78. The van der Waals surface area contributed by atoms with Crippen LogP contribution in [0.15, 0.2) is 36.4 Å². The molecule has 0 fully saturated rings. The van der Waals surface area contributed by atoms with Crippen LogP contribution in [0.3, 0.4) is 0 Å². The maximum atomic E-state index is 13.7. The molecule has 3 heteroatoms. The molecule has 0 saturated heterocycles. The van der Waals surface area contributed by atoms with Gasteiger partial charge in [0.2, 0.25) is 0 Å². The van der Waals surface area contributed by atoms with Gasteiger partial charge in [0.1, 0.15) is 5.82 Å². The predicted octanol–water partition coefficient (Wildman–Crippen LogP) is 4.61. The van der Waals surface area contributed by atoms with Gasteiger partial charge in [0, 0.05) is 17.1 Å². The molecule has 0 saturated carbocycles. The van der Waals surface area contributed by atoms with Crippen LogP contribution >= 0.6 is 11.6 Å². The fourth-order valence-corrected chi connectivity index (χ4v) is 3.23. The van der Waals surface area contributed by atoms with Crippen molar-refractivity contribution in [1.82, 2.24) is 5.32 Å². The highest BCUT2D eigenvalue weighted by Crippen LogP contribution is 2.27. The van der Waals surface area contributed by atoms with Crippen molar-refractivity contribution in [1.29, 1.82) is 0 Å². The molecule has 110 valence electrons. The Morgan fingerprint density at radius 2 is 1.90 bits per heavy atom. The molecule has 2 aromatic rings. The molecular formula is C18H19ClFN. The van der Waals surface area contributed by atoms with Gasteiger partial charge in [-0.2, -0.15) is 0 Å². The van der Waals surface area contributed by atoms with E-state index in [1.807, 2.05) is 18.2 Å². The Bertz CT molecular complexity index is 668. The van der Waals surface area contributed by atoms with Crippen LogP contribution < -0.4 is 5.32 Å². The Labute approximate surface area is 130 Å². The van der Waals surface area contributed by atoms with Crippen LogP contribution in [0, 0.1) is 12.7 Å². The summed E-state index contributed by atoms with van der Waals surface area (Å²) in [6, 6.07) is 12.1. The third-order valence-electron chi connectivity index (χ3n) is 4.28. The Balaban J connectivity index is 1.69. The highest BCUT2D eigenvalue weighted by molar-refractivity contribution is 6.30. The lowest BCUT2D eigenvalue weighted by molar-refractivity contribution is 0.465. The third kappa shape index (κ3) is 3.12. The zero-order valence-corrected chi connectivity index (χ0v) is 13.0. The summed E-state index contributed by atoms with van der Waals surface area (Å²) < 4.78 is 13.7. The van der Waals surface area contributed by atoms with E-state index in [4.69, 9.17) is 11.6 Å². The average Bonchev–Trinajstić information content (AvgIpc) is 2.83. The van der Waals surface area contributed by atoms with Gasteiger partial charge in [-0.3, -0.25) is 0 Å². The Kier molecular flexibility index (Phi) is 4.01. The smallest absolute Gasteiger partial charge is 0.126 e. The van der Waals surface area contributed by atoms with Crippen molar-refractivity contribution >= 4 is 11.6 Å². The van der Waals surface area contributed by atoms with Gasteiger partial charge in [0.25, 0.3) is 0 Å². The minimum atomic E-state index is -0.136. The average molecular weight is 304 g/mol. The van der Waals surface area contributed by atoms with E-state index in [1.54, 1.807) is 13.0 Å². The summed E-state index contributed by atoms with van der Waals surface area (Å²) in [7, 11) is 0. The van der Waals surface area contributed by atoms with E-state index >= 15 is 0 Å². The first-order valence-corrected chi connectivity index (χ1v) is 7.70. The van der Waals surface area contributed by atoms with Crippen LogP contribution in [0.2, 0.25) is 5.02 Å². The molecule has 1 aliphatic carbocycles. The van der Waals surface area contributed by atoms with Crippen molar-refractivity contribution < 1.29 is 4.39 Å². The van der Waals surface area contributed by atoms with E-state index in [2.05, 4.69) is 24.4 Å². The first-order valence-electron chi connectivity index (χ1n) is 7.32. The van der Waals surface area contributed by atoms with Gasteiger partial charge in [0.15, 0.2) is 0 Å². The van der Waals surface area contributed by atoms with Crippen molar-refractivity contribution in [3.8, 4) is 0 Å². The van der Waals surface area contributed by atoms with Crippen molar-refractivity contribution in [3.05, 3.63) is 69.5 Å².